The molecule has 0 saturated carbocycles. The first kappa shape index (κ1) is 19.6. The van der Waals surface area contributed by atoms with Crippen molar-refractivity contribution in [3.63, 3.8) is 0 Å². The maximum absolute atomic E-state index is 12.7. The Bertz CT molecular complexity index is 324. The standard InChI is InChI=1S/C6BrF13/c7-1(8,5(15,16)17)2(9,10)3(11,12)4(13,14)6(18,19)20. The summed E-state index contributed by atoms with van der Waals surface area (Å²) in [5.41, 5.74) is 0. The van der Waals surface area contributed by atoms with Crippen molar-refractivity contribution in [2.24, 2.45) is 0 Å². The molecule has 0 aromatic carbocycles. The van der Waals surface area contributed by atoms with E-state index in [1.165, 1.54) is 0 Å². The summed E-state index contributed by atoms with van der Waals surface area (Å²) >= 11 is 0.397. The van der Waals surface area contributed by atoms with Gasteiger partial charge >= 0.3 is 34.7 Å². The second kappa shape index (κ2) is 4.53. The van der Waals surface area contributed by atoms with Crippen LogP contribution in [-0.4, -0.2) is 34.7 Å². The van der Waals surface area contributed by atoms with E-state index in [2.05, 4.69) is 0 Å². The van der Waals surface area contributed by atoms with Crippen molar-refractivity contribution in [1.29, 1.82) is 0 Å². The first-order valence-corrected chi connectivity index (χ1v) is 4.69. The fraction of sp³-hybridized carbons (Fsp3) is 1.00. The highest BCUT2D eigenvalue weighted by atomic mass is 79.9. The lowest BCUT2D eigenvalue weighted by molar-refractivity contribution is -0.418. The van der Waals surface area contributed by atoms with Crippen molar-refractivity contribution >= 4 is 15.9 Å². The third-order valence-electron chi connectivity index (χ3n) is 1.90. The molecular weight excluding hydrogens is 399 g/mol. The van der Waals surface area contributed by atoms with Gasteiger partial charge < -0.3 is 0 Å². The maximum atomic E-state index is 12.7. The van der Waals surface area contributed by atoms with Crippen LogP contribution in [0.5, 0.6) is 0 Å². The molecule has 0 aliphatic rings. The van der Waals surface area contributed by atoms with Crippen LogP contribution in [0.25, 0.3) is 0 Å². The Morgan fingerprint density at radius 3 is 0.900 bits per heavy atom. The van der Waals surface area contributed by atoms with Crippen molar-refractivity contribution in [1.82, 2.24) is 0 Å². The van der Waals surface area contributed by atoms with Gasteiger partial charge in [0.1, 0.15) is 0 Å². The molecule has 0 heterocycles. The van der Waals surface area contributed by atoms with E-state index in [1.54, 1.807) is 0 Å². The summed E-state index contributed by atoms with van der Waals surface area (Å²) in [6, 6.07) is 0. The van der Waals surface area contributed by atoms with E-state index in [1.807, 2.05) is 0 Å². The van der Waals surface area contributed by atoms with Crippen molar-refractivity contribution in [3.05, 3.63) is 0 Å². The van der Waals surface area contributed by atoms with E-state index in [0.717, 1.165) is 0 Å². The van der Waals surface area contributed by atoms with Crippen molar-refractivity contribution in [3.8, 4) is 0 Å². The molecule has 0 N–H and O–H groups in total. The Morgan fingerprint density at radius 2 is 0.700 bits per heavy atom. The molecule has 0 saturated heterocycles. The number of hydrogen-bond donors (Lipinski definition) is 0. The molecule has 0 aromatic rings. The average molecular weight is 399 g/mol. The smallest absolute Gasteiger partial charge is 0.214 e. The Balaban J connectivity index is 6.08. The third kappa shape index (κ3) is 2.43. The normalized spacial score (nSPS) is 18.9. The predicted octanol–water partition coefficient (Wildman–Crippen LogP) is 5.08. The van der Waals surface area contributed by atoms with Gasteiger partial charge in [-0.1, -0.05) is 0 Å². The molecule has 0 spiro atoms. The van der Waals surface area contributed by atoms with Crippen LogP contribution < -0.4 is 0 Å². The van der Waals surface area contributed by atoms with Crippen LogP contribution in [0.2, 0.25) is 0 Å². The quantitative estimate of drug-likeness (QED) is 0.459. The largest absolute Gasteiger partial charge is 0.460 e. The first-order chi connectivity index (χ1) is 8.25. The van der Waals surface area contributed by atoms with Crippen LogP contribution in [0.3, 0.4) is 0 Å². The number of hydrogen-bond acceptors (Lipinski definition) is 0. The SMILES string of the molecule is FC(F)(F)C(F)(F)C(F)(F)C(F)(F)C(F)(Br)C(F)(F)F. The summed E-state index contributed by atoms with van der Waals surface area (Å²) in [7, 11) is 0. The lowest BCUT2D eigenvalue weighted by atomic mass is 9.99. The average Bonchev–Trinajstić information content (AvgIpc) is 2.12. The minimum absolute atomic E-state index is 0.397. The highest BCUT2D eigenvalue weighted by molar-refractivity contribution is 9.10. The van der Waals surface area contributed by atoms with Gasteiger partial charge in [0.15, 0.2) is 0 Å². The lowest BCUT2D eigenvalue weighted by Gasteiger charge is -2.38. The topological polar surface area (TPSA) is 0 Å². The molecule has 122 valence electrons. The number of alkyl halides is 14. The van der Waals surface area contributed by atoms with Crippen molar-refractivity contribution in [2.75, 3.05) is 0 Å². The number of rotatable bonds is 3. The molecule has 0 fully saturated rings. The Hall–Kier alpha value is -0.430. The molecule has 0 aromatic heterocycles. The Morgan fingerprint density at radius 1 is 0.400 bits per heavy atom. The van der Waals surface area contributed by atoms with Gasteiger partial charge in [0.2, 0.25) is 0 Å². The van der Waals surface area contributed by atoms with Gasteiger partial charge in [-0.2, -0.15) is 52.7 Å². The Labute approximate surface area is 109 Å². The monoisotopic (exact) mass is 398 g/mol. The zero-order valence-corrected chi connectivity index (χ0v) is 9.88. The molecule has 0 aliphatic carbocycles. The first-order valence-electron chi connectivity index (χ1n) is 3.90. The van der Waals surface area contributed by atoms with Crippen molar-refractivity contribution < 1.29 is 57.1 Å². The second-order valence-electron chi connectivity index (χ2n) is 3.29. The summed E-state index contributed by atoms with van der Waals surface area (Å²) in [6.45, 7) is 0. The van der Waals surface area contributed by atoms with Crippen LogP contribution in [0, 0.1) is 0 Å². The molecule has 0 bridgehead atoms. The highest BCUT2D eigenvalue weighted by Gasteiger charge is 2.89. The van der Waals surface area contributed by atoms with Gasteiger partial charge in [0, 0.05) is 0 Å². The van der Waals surface area contributed by atoms with Gasteiger partial charge in [0.25, 0.3) is 0 Å². The Kier molecular flexibility index (Phi) is 4.43. The van der Waals surface area contributed by atoms with E-state index in [9.17, 15) is 57.1 Å². The van der Waals surface area contributed by atoms with E-state index in [4.69, 9.17) is 0 Å². The number of halogens is 14. The minimum atomic E-state index is -7.72. The van der Waals surface area contributed by atoms with E-state index < -0.39 is 34.7 Å². The lowest BCUT2D eigenvalue weighted by Crippen LogP contribution is -2.68. The predicted molar refractivity (Wildman–Crippen MR) is 39.7 cm³/mol. The molecule has 0 nitrogen and oxygen atoms in total. The summed E-state index contributed by atoms with van der Waals surface area (Å²) in [4.78, 5) is 0. The van der Waals surface area contributed by atoms with Gasteiger partial charge in [-0.3, -0.25) is 0 Å². The molecule has 0 radical (unpaired) electrons. The maximum Gasteiger partial charge on any atom is 0.460 e. The van der Waals surface area contributed by atoms with E-state index >= 15 is 0 Å². The molecule has 20 heavy (non-hydrogen) atoms. The zero-order chi connectivity index (χ0) is 17.0. The van der Waals surface area contributed by atoms with Gasteiger partial charge in [-0.15, -0.1) is 0 Å². The zero-order valence-electron chi connectivity index (χ0n) is 8.29. The van der Waals surface area contributed by atoms with Crippen LogP contribution in [-0.2, 0) is 0 Å². The van der Waals surface area contributed by atoms with Crippen molar-refractivity contribution in [2.45, 2.75) is 34.7 Å². The summed E-state index contributed by atoms with van der Waals surface area (Å²) in [5, 5.41) is 0. The van der Waals surface area contributed by atoms with Crippen LogP contribution >= 0.6 is 15.9 Å². The molecule has 1 atom stereocenters. The molecular formula is C6BrF13. The van der Waals surface area contributed by atoms with Gasteiger partial charge in [-0.05, 0) is 15.9 Å². The minimum Gasteiger partial charge on any atom is -0.214 e. The molecule has 0 rings (SSSR count). The molecule has 0 aliphatic heterocycles. The molecule has 1 unspecified atom stereocenters. The fourth-order valence-electron chi connectivity index (χ4n) is 0.750. The molecule has 14 heteroatoms. The van der Waals surface area contributed by atoms with Crippen LogP contribution in [0.1, 0.15) is 0 Å². The second-order valence-corrected chi connectivity index (χ2v) is 4.39. The highest BCUT2D eigenvalue weighted by Crippen LogP contribution is 2.61. The molecule has 0 amide bonds. The van der Waals surface area contributed by atoms with Gasteiger partial charge in [0.05, 0.1) is 0 Å². The third-order valence-corrected chi connectivity index (χ3v) is 2.84. The van der Waals surface area contributed by atoms with E-state index in [-0.39, 0.29) is 0 Å². The fourth-order valence-corrected chi connectivity index (χ4v) is 0.999. The van der Waals surface area contributed by atoms with Crippen LogP contribution in [0.4, 0.5) is 57.1 Å². The van der Waals surface area contributed by atoms with Crippen LogP contribution in [0.15, 0.2) is 0 Å². The summed E-state index contributed by atoms with van der Waals surface area (Å²) in [5.74, 6) is -22.8. The summed E-state index contributed by atoms with van der Waals surface area (Å²) in [6.07, 6.45) is -14.2. The van der Waals surface area contributed by atoms with Gasteiger partial charge in [-0.25, -0.2) is 4.39 Å². The van der Waals surface area contributed by atoms with E-state index in [0.29, 0.717) is 15.9 Å². The summed E-state index contributed by atoms with van der Waals surface area (Å²) < 4.78 is 151.